The molecule has 1 fully saturated rings. The molecule has 0 saturated heterocycles. The number of rotatable bonds is 8. The van der Waals surface area contributed by atoms with E-state index in [0.29, 0.717) is 11.6 Å². The SMILES string of the molecule is CC(C)c1cc(C(C)C)c(S(=O)(=O)Oc2ccc(NC(=O)C3CCCCCCC3)cc2)c(C(C)C)c1. The van der Waals surface area contributed by atoms with Crippen LogP contribution in [0, 0.1) is 5.92 Å². The Hall–Kier alpha value is -2.34. The van der Waals surface area contributed by atoms with Gasteiger partial charge < -0.3 is 9.50 Å². The molecule has 1 saturated carbocycles. The summed E-state index contributed by atoms with van der Waals surface area (Å²) in [5.74, 6) is 0.672. The number of nitrogens with one attached hydrogen (secondary N) is 1. The first-order valence-electron chi connectivity index (χ1n) is 13.5. The van der Waals surface area contributed by atoms with E-state index in [1.165, 1.54) is 19.3 Å². The van der Waals surface area contributed by atoms with Gasteiger partial charge in [-0.1, -0.05) is 85.8 Å². The molecule has 0 radical (unpaired) electrons. The van der Waals surface area contributed by atoms with E-state index in [9.17, 15) is 13.2 Å². The predicted octanol–water partition coefficient (Wildman–Crippen LogP) is 8.12. The molecule has 36 heavy (non-hydrogen) atoms. The second-order valence-corrected chi connectivity index (χ2v) is 12.6. The Kier molecular flexibility index (Phi) is 9.62. The summed E-state index contributed by atoms with van der Waals surface area (Å²) in [5, 5.41) is 3.00. The zero-order chi connectivity index (χ0) is 26.5. The van der Waals surface area contributed by atoms with Gasteiger partial charge >= 0.3 is 10.1 Å². The number of benzene rings is 2. The van der Waals surface area contributed by atoms with Crippen LogP contribution in [0.1, 0.15) is 121 Å². The van der Waals surface area contributed by atoms with Crippen molar-refractivity contribution in [3.63, 3.8) is 0 Å². The fraction of sp³-hybridized carbons (Fsp3) is 0.567. The van der Waals surface area contributed by atoms with E-state index in [2.05, 4.69) is 19.2 Å². The van der Waals surface area contributed by atoms with Gasteiger partial charge in [0, 0.05) is 11.6 Å². The number of anilines is 1. The summed E-state index contributed by atoms with van der Waals surface area (Å²) in [4.78, 5) is 13.0. The summed E-state index contributed by atoms with van der Waals surface area (Å²) in [6.45, 7) is 12.3. The summed E-state index contributed by atoms with van der Waals surface area (Å²) in [5.41, 5.74) is 3.35. The van der Waals surface area contributed by atoms with Crippen molar-refractivity contribution in [2.24, 2.45) is 5.92 Å². The van der Waals surface area contributed by atoms with Gasteiger partial charge in [0.1, 0.15) is 10.6 Å². The topological polar surface area (TPSA) is 72.5 Å². The molecule has 0 atom stereocenters. The molecule has 0 aliphatic heterocycles. The Morgan fingerprint density at radius 2 is 1.31 bits per heavy atom. The molecule has 0 aromatic heterocycles. The van der Waals surface area contributed by atoms with Crippen LogP contribution in [0.3, 0.4) is 0 Å². The summed E-state index contributed by atoms with van der Waals surface area (Å²) < 4.78 is 32.8. The maximum atomic E-state index is 13.6. The van der Waals surface area contributed by atoms with Crippen molar-refractivity contribution in [2.75, 3.05) is 5.32 Å². The molecule has 6 heteroatoms. The Labute approximate surface area is 218 Å². The number of carbonyl (C=O) groups is 1. The van der Waals surface area contributed by atoms with Crippen LogP contribution in [0.15, 0.2) is 41.3 Å². The van der Waals surface area contributed by atoms with Crippen molar-refractivity contribution >= 4 is 21.7 Å². The highest BCUT2D eigenvalue weighted by Crippen LogP contribution is 2.36. The van der Waals surface area contributed by atoms with Crippen molar-refractivity contribution in [1.82, 2.24) is 0 Å². The van der Waals surface area contributed by atoms with Crippen LogP contribution in [0.25, 0.3) is 0 Å². The second kappa shape index (κ2) is 12.3. The third kappa shape index (κ3) is 7.12. The standard InChI is InChI=1S/C30H43NO4S/c1-20(2)24-18-27(21(3)4)29(28(19-24)22(5)6)36(33,34)35-26-16-14-25(15-17-26)31-30(32)23-12-10-8-7-9-11-13-23/h14-23H,7-13H2,1-6H3,(H,31,32). The Morgan fingerprint density at radius 3 is 1.78 bits per heavy atom. The van der Waals surface area contributed by atoms with E-state index >= 15 is 0 Å². The maximum absolute atomic E-state index is 13.6. The average molecular weight is 514 g/mol. The lowest BCUT2D eigenvalue weighted by Crippen LogP contribution is -2.23. The molecule has 1 aliphatic rings. The molecule has 1 amide bonds. The van der Waals surface area contributed by atoms with E-state index < -0.39 is 10.1 Å². The predicted molar refractivity (Wildman–Crippen MR) is 147 cm³/mol. The molecule has 1 aliphatic carbocycles. The molecular weight excluding hydrogens is 470 g/mol. The van der Waals surface area contributed by atoms with Crippen LogP contribution >= 0.6 is 0 Å². The van der Waals surface area contributed by atoms with Gasteiger partial charge in [-0.3, -0.25) is 4.79 Å². The molecule has 0 bridgehead atoms. The molecule has 198 valence electrons. The van der Waals surface area contributed by atoms with Crippen LogP contribution in [-0.2, 0) is 14.9 Å². The summed E-state index contributed by atoms with van der Waals surface area (Å²) in [6, 6.07) is 10.6. The van der Waals surface area contributed by atoms with E-state index in [-0.39, 0.29) is 34.3 Å². The summed E-state index contributed by atoms with van der Waals surface area (Å²) in [7, 11) is -4.06. The Balaban J connectivity index is 1.82. The van der Waals surface area contributed by atoms with Crippen LogP contribution in [-0.4, -0.2) is 14.3 Å². The quantitative estimate of drug-likeness (QED) is 0.362. The minimum Gasteiger partial charge on any atom is -0.379 e. The van der Waals surface area contributed by atoms with Crippen molar-refractivity contribution in [3.05, 3.63) is 53.1 Å². The third-order valence-corrected chi connectivity index (χ3v) is 8.52. The van der Waals surface area contributed by atoms with Gasteiger partial charge in [-0.2, -0.15) is 8.42 Å². The van der Waals surface area contributed by atoms with E-state index in [1.807, 2.05) is 39.8 Å². The van der Waals surface area contributed by atoms with Crippen molar-refractivity contribution < 1.29 is 17.4 Å². The first-order chi connectivity index (χ1) is 17.0. The highest BCUT2D eigenvalue weighted by atomic mass is 32.2. The number of hydrogen-bond donors (Lipinski definition) is 1. The highest BCUT2D eigenvalue weighted by molar-refractivity contribution is 7.87. The molecule has 0 spiro atoms. The molecule has 0 unspecified atom stereocenters. The third-order valence-electron chi connectivity index (χ3n) is 7.13. The number of amides is 1. The molecule has 2 aromatic rings. The average Bonchev–Trinajstić information content (AvgIpc) is 2.78. The first-order valence-corrected chi connectivity index (χ1v) is 14.9. The van der Waals surface area contributed by atoms with Crippen LogP contribution < -0.4 is 9.50 Å². The lowest BCUT2D eigenvalue weighted by atomic mass is 9.89. The van der Waals surface area contributed by atoms with Crippen LogP contribution in [0.5, 0.6) is 5.75 Å². The smallest absolute Gasteiger partial charge is 0.339 e. The molecule has 3 rings (SSSR count). The molecule has 1 N–H and O–H groups in total. The van der Waals surface area contributed by atoms with Crippen LogP contribution in [0.2, 0.25) is 0 Å². The highest BCUT2D eigenvalue weighted by Gasteiger charge is 2.29. The van der Waals surface area contributed by atoms with Crippen molar-refractivity contribution in [1.29, 1.82) is 0 Å². The van der Waals surface area contributed by atoms with Gasteiger partial charge in [0.05, 0.1) is 0 Å². The zero-order valence-corrected chi connectivity index (χ0v) is 23.6. The van der Waals surface area contributed by atoms with Gasteiger partial charge in [0.15, 0.2) is 0 Å². The molecule has 5 nitrogen and oxygen atoms in total. The lowest BCUT2D eigenvalue weighted by molar-refractivity contribution is -0.120. The van der Waals surface area contributed by atoms with E-state index in [4.69, 9.17) is 4.18 Å². The minimum atomic E-state index is -4.06. The fourth-order valence-electron chi connectivity index (χ4n) is 4.90. The molecular formula is C30H43NO4S. The fourth-order valence-corrected chi connectivity index (χ4v) is 6.52. The zero-order valence-electron chi connectivity index (χ0n) is 22.8. The van der Waals surface area contributed by atoms with Crippen LogP contribution in [0.4, 0.5) is 5.69 Å². The second-order valence-electron chi connectivity index (χ2n) is 11.1. The van der Waals surface area contributed by atoms with Gasteiger partial charge in [-0.25, -0.2) is 0 Å². The number of carbonyl (C=O) groups excluding carboxylic acids is 1. The molecule has 0 heterocycles. The first kappa shape index (κ1) is 28.2. The van der Waals surface area contributed by atoms with Crippen molar-refractivity contribution in [2.45, 2.75) is 109 Å². The minimum absolute atomic E-state index is 0.0282. The van der Waals surface area contributed by atoms with Crippen molar-refractivity contribution in [3.8, 4) is 5.75 Å². The largest absolute Gasteiger partial charge is 0.379 e. The Morgan fingerprint density at radius 1 is 0.806 bits per heavy atom. The van der Waals surface area contributed by atoms with Gasteiger partial charge in [-0.05, 0) is 71.6 Å². The number of hydrogen-bond acceptors (Lipinski definition) is 4. The summed E-state index contributed by atoms with van der Waals surface area (Å²) >= 11 is 0. The van der Waals surface area contributed by atoms with Gasteiger partial charge in [-0.15, -0.1) is 0 Å². The van der Waals surface area contributed by atoms with Gasteiger partial charge in [0.2, 0.25) is 5.91 Å². The summed E-state index contributed by atoms with van der Waals surface area (Å²) in [6.07, 6.45) is 7.70. The van der Waals surface area contributed by atoms with E-state index in [0.717, 1.165) is 42.4 Å². The van der Waals surface area contributed by atoms with E-state index in [1.54, 1.807) is 24.3 Å². The maximum Gasteiger partial charge on any atom is 0.339 e. The van der Waals surface area contributed by atoms with Gasteiger partial charge in [0.25, 0.3) is 0 Å². The molecule has 2 aromatic carbocycles. The monoisotopic (exact) mass is 513 g/mol. The Bertz CT molecular complexity index is 1100. The normalized spacial score (nSPS) is 15.7. The lowest BCUT2D eigenvalue weighted by Gasteiger charge is -2.22.